The fraction of sp³-hybridized carbons (Fsp3) is 0.600. The molecular formula is C10H18BrClN4O. The number of H-pyrrole nitrogens is 1. The number of rotatable bonds is 5. The van der Waals surface area contributed by atoms with Gasteiger partial charge >= 0.3 is 0 Å². The predicted molar refractivity (Wildman–Crippen MR) is 73.9 cm³/mol. The molecule has 0 fully saturated rings. The summed E-state index contributed by atoms with van der Waals surface area (Å²) in [6, 6.07) is 0. The van der Waals surface area contributed by atoms with E-state index >= 15 is 0 Å². The van der Waals surface area contributed by atoms with E-state index in [0.29, 0.717) is 18.2 Å². The number of amides is 1. The summed E-state index contributed by atoms with van der Waals surface area (Å²) in [7, 11) is 1.84. The molecule has 0 bridgehead atoms. The van der Waals surface area contributed by atoms with Crippen molar-refractivity contribution in [2.24, 2.45) is 0 Å². The van der Waals surface area contributed by atoms with E-state index in [-0.39, 0.29) is 18.3 Å². The van der Waals surface area contributed by atoms with Gasteiger partial charge in [0.15, 0.2) is 5.69 Å². The van der Waals surface area contributed by atoms with Crippen LogP contribution in [0.5, 0.6) is 0 Å². The smallest absolute Gasteiger partial charge is 0.273 e. The van der Waals surface area contributed by atoms with E-state index in [0.717, 1.165) is 16.7 Å². The van der Waals surface area contributed by atoms with Crippen molar-refractivity contribution in [3.05, 3.63) is 15.9 Å². The highest BCUT2D eigenvalue weighted by Gasteiger charge is 2.18. The third kappa shape index (κ3) is 4.29. The molecule has 0 atom stereocenters. The molecule has 0 saturated carbocycles. The van der Waals surface area contributed by atoms with Gasteiger partial charge in [0.25, 0.3) is 5.91 Å². The van der Waals surface area contributed by atoms with Crippen molar-refractivity contribution in [2.45, 2.75) is 19.8 Å². The van der Waals surface area contributed by atoms with E-state index in [2.05, 4.69) is 36.8 Å². The van der Waals surface area contributed by atoms with Gasteiger partial charge in [-0.25, -0.2) is 0 Å². The van der Waals surface area contributed by atoms with Crippen molar-refractivity contribution in [1.29, 1.82) is 0 Å². The summed E-state index contributed by atoms with van der Waals surface area (Å²) >= 11 is 3.39. The molecule has 0 saturated heterocycles. The monoisotopic (exact) mass is 324 g/mol. The molecule has 1 amide bonds. The molecule has 0 aliphatic heterocycles. The summed E-state index contributed by atoms with van der Waals surface area (Å²) in [6.07, 6.45) is 0. The second-order valence-corrected chi connectivity index (χ2v) is 4.61. The number of nitrogens with one attached hydrogen (secondary N) is 3. The Balaban J connectivity index is 0.00000256. The van der Waals surface area contributed by atoms with Gasteiger partial charge in [-0.2, -0.15) is 5.10 Å². The van der Waals surface area contributed by atoms with Crippen LogP contribution < -0.4 is 10.6 Å². The standard InChI is InChI=1S/C10H17BrN4O.ClH/c1-6(2)8-7(11)9(15-14-8)10(16)13-5-4-12-3;/h6,12H,4-5H2,1-3H3,(H,13,16)(H,14,15);1H. The Hall–Kier alpha value is -0.590. The quantitative estimate of drug-likeness (QED) is 0.721. The predicted octanol–water partition coefficient (Wildman–Crippen LogP) is 1.67. The third-order valence-corrected chi connectivity index (χ3v) is 2.99. The number of aromatic nitrogens is 2. The molecule has 0 aromatic carbocycles. The lowest BCUT2D eigenvalue weighted by Gasteiger charge is -2.03. The number of nitrogens with zero attached hydrogens (tertiary/aromatic N) is 1. The Morgan fingerprint density at radius 2 is 2.12 bits per heavy atom. The molecular weight excluding hydrogens is 307 g/mol. The van der Waals surface area contributed by atoms with Crippen LogP contribution in [0.25, 0.3) is 0 Å². The minimum Gasteiger partial charge on any atom is -0.349 e. The Labute approximate surface area is 116 Å². The lowest BCUT2D eigenvalue weighted by atomic mass is 10.1. The van der Waals surface area contributed by atoms with Gasteiger partial charge in [-0.1, -0.05) is 13.8 Å². The van der Waals surface area contributed by atoms with Crippen molar-refractivity contribution in [1.82, 2.24) is 20.8 Å². The largest absolute Gasteiger partial charge is 0.349 e. The molecule has 0 unspecified atom stereocenters. The minimum atomic E-state index is -0.162. The fourth-order valence-corrected chi connectivity index (χ4v) is 2.07. The van der Waals surface area contributed by atoms with Crippen LogP contribution >= 0.6 is 28.3 Å². The second-order valence-electron chi connectivity index (χ2n) is 3.81. The van der Waals surface area contributed by atoms with E-state index in [4.69, 9.17) is 0 Å². The first kappa shape index (κ1) is 16.4. The van der Waals surface area contributed by atoms with Crippen LogP contribution in [0.2, 0.25) is 0 Å². The number of carbonyl (C=O) groups excluding carboxylic acids is 1. The molecule has 7 heteroatoms. The van der Waals surface area contributed by atoms with Gasteiger partial charge in [-0.05, 0) is 28.9 Å². The minimum absolute atomic E-state index is 0. The van der Waals surface area contributed by atoms with Crippen LogP contribution in [-0.4, -0.2) is 36.2 Å². The molecule has 1 heterocycles. The van der Waals surface area contributed by atoms with Gasteiger partial charge in [0.05, 0.1) is 10.2 Å². The molecule has 1 rings (SSSR count). The molecule has 1 aromatic heterocycles. The maximum Gasteiger partial charge on any atom is 0.273 e. The summed E-state index contributed by atoms with van der Waals surface area (Å²) in [5, 5.41) is 12.6. The third-order valence-electron chi connectivity index (χ3n) is 2.19. The van der Waals surface area contributed by atoms with E-state index in [1.165, 1.54) is 0 Å². The fourth-order valence-electron chi connectivity index (χ4n) is 1.26. The zero-order chi connectivity index (χ0) is 12.1. The molecule has 1 aromatic rings. The van der Waals surface area contributed by atoms with Crippen LogP contribution in [0, 0.1) is 0 Å². The topological polar surface area (TPSA) is 69.8 Å². The van der Waals surface area contributed by atoms with Gasteiger partial charge in [0.1, 0.15) is 0 Å². The Kier molecular flexibility index (Phi) is 7.41. The van der Waals surface area contributed by atoms with Crippen LogP contribution in [-0.2, 0) is 0 Å². The summed E-state index contributed by atoms with van der Waals surface area (Å²) in [5.74, 6) is 0.144. The highest BCUT2D eigenvalue weighted by atomic mass is 79.9. The van der Waals surface area contributed by atoms with Crippen molar-refractivity contribution >= 4 is 34.2 Å². The van der Waals surface area contributed by atoms with Crippen molar-refractivity contribution in [3.63, 3.8) is 0 Å². The first-order chi connectivity index (χ1) is 7.57. The van der Waals surface area contributed by atoms with Crippen LogP contribution in [0.3, 0.4) is 0 Å². The number of carbonyl (C=O) groups is 1. The summed E-state index contributed by atoms with van der Waals surface area (Å²) in [5.41, 5.74) is 1.36. The Morgan fingerprint density at radius 3 is 2.59 bits per heavy atom. The van der Waals surface area contributed by atoms with Gasteiger partial charge < -0.3 is 10.6 Å². The summed E-state index contributed by atoms with van der Waals surface area (Å²) in [6.45, 7) is 5.42. The average Bonchev–Trinajstić information content (AvgIpc) is 2.60. The maximum atomic E-state index is 11.7. The molecule has 0 aliphatic carbocycles. The number of halogens is 2. The summed E-state index contributed by atoms with van der Waals surface area (Å²) < 4.78 is 0.754. The first-order valence-electron chi connectivity index (χ1n) is 5.24. The SMILES string of the molecule is CNCCNC(=O)c1n[nH]c(C(C)C)c1Br.Cl. The number of aromatic amines is 1. The zero-order valence-corrected chi connectivity index (χ0v) is 12.5. The molecule has 0 aliphatic rings. The highest BCUT2D eigenvalue weighted by Crippen LogP contribution is 2.25. The van der Waals surface area contributed by atoms with Crippen molar-refractivity contribution in [3.8, 4) is 0 Å². The van der Waals surface area contributed by atoms with Crippen molar-refractivity contribution in [2.75, 3.05) is 20.1 Å². The van der Waals surface area contributed by atoms with Gasteiger partial charge in [-0.3, -0.25) is 9.89 Å². The van der Waals surface area contributed by atoms with Crippen LogP contribution in [0.15, 0.2) is 4.47 Å². The van der Waals surface area contributed by atoms with Gasteiger partial charge in [-0.15, -0.1) is 12.4 Å². The molecule has 0 spiro atoms. The average molecular weight is 326 g/mol. The normalized spacial score (nSPS) is 10.2. The number of likely N-dealkylation sites (N-methyl/N-ethyl adjacent to an activating group) is 1. The lowest BCUT2D eigenvalue weighted by molar-refractivity contribution is 0.0948. The molecule has 3 N–H and O–H groups in total. The Bertz CT molecular complexity index is 367. The molecule has 0 radical (unpaired) electrons. The van der Waals surface area contributed by atoms with Crippen LogP contribution in [0.4, 0.5) is 0 Å². The van der Waals surface area contributed by atoms with E-state index in [1.54, 1.807) is 0 Å². The van der Waals surface area contributed by atoms with E-state index in [1.807, 2.05) is 20.9 Å². The lowest BCUT2D eigenvalue weighted by Crippen LogP contribution is -2.30. The molecule has 98 valence electrons. The second kappa shape index (κ2) is 7.68. The molecule has 5 nitrogen and oxygen atoms in total. The Morgan fingerprint density at radius 1 is 1.47 bits per heavy atom. The van der Waals surface area contributed by atoms with Crippen molar-refractivity contribution < 1.29 is 4.79 Å². The van der Waals surface area contributed by atoms with E-state index < -0.39 is 0 Å². The number of hydrogen-bond acceptors (Lipinski definition) is 3. The van der Waals surface area contributed by atoms with Gasteiger partial charge in [0.2, 0.25) is 0 Å². The summed E-state index contributed by atoms with van der Waals surface area (Å²) in [4.78, 5) is 11.7. The number of hydrogen-bond donors (Lipinski definition) is 3. The zero-order valence-electron chi connectivity index (χ0n) is 10.1. The van der Waals surface area contributed by atoms with Crippen LogP contribution in [0.1, 0.15) is 35.9 Å². The van der Waals surface area contributed by atoms with Gasteiger partial charge in [0, 0.05) is 13.1 Å². The van der Waals surface area contributed by atoms with E-state index in [9.17, 15) is 4.79 Å². The maximum absolute atomic E-state index is 11.7. The first-order valence-corrected chi connectivity index (χ1v) is 6.03. The highest BCUT2D eigenvalue weighted by molar-refractivity contribution is 9.10. The molecule has 17 heavy (non-hydrogen) atoms.